The molecule has 0 amide bonds. The first-order valence-corrected chi connectivity index (χ1v) is 7.74. The summed E-state index contributed by atoms with van der Waals surface area (Å²) in [7, 11) is 0. The molecule has 3 nitrogen and oxygen atoms in total. The SMILES string of the molecule is Clc1cnccc1CN(CC1CCCNC1)C1CC1. The zero-order valence-electron chi connectivity index (χ0n) is 11.3. The van der Waals surface area contributed by atoms with E-state index in [1.165, 1.54) is 50.9 Å². The quantitative estimate of drug-likeness (QED) is 0.898. The van der Waals surface area contributed by atoms with Gasteiger partial charge in [-0.1, -0.05) is 11.6 Å². The topological polar surface area (TPSA) is 28.2 Å². The molecular weight excluding hydrogens is 258 g/mol. The molecule has 1 aromatic heterocycles. The second-order valence-corrected chi connectivity index (χ2v) is 6.25. The van der Waals surface area contributed by atoms with Crippen molar-refractivity contribution >= 4 is 11.6 Å². The monoisotopic (exact) mass is 279 g/mol. The number of rotatable bonds is 5. The molecule has 1 N–H and O–H groups in total. The third-order valence-corrected chi connectivity index (χ3v) is 4.53. The highest BCUT2D eigenvalue weighted by molar-refractivity contribution is 6.31. The molecule has 1 atom stereocenters. The van der Waals surface area contributed by atoms with Gasteiger partial charge in [-0.15, -0.1) is 0 Å². The minimum absolute atomic E-state index is 0.783. The summed E-state index contributed by atoms with van der Waals surface area (Å²) in [6.07, 6.45) is 8.98. The van der Waals surface area contributed by atoms with E-state index in [1.807, 2.05) is 6.20 Å². The van der Waals surface area contributed by atoms with Crippen molar-refractivity contribution in [2.75, 3.05) is 19.6 Å². The lowest BCUT2D eigenvalue weighted by atomic mass is 9.99. The third-order valence-electron chi connectivity index (χ3n) is 4.18. The maximum atomic E-state index is 6.23. The Morgan fingerprint density at radius 1 is 1.37 bits per heavy atom. The zero-order chi connectivity index (χ0) is 13.1. The summed E-state index contributed by atoms with van der Waals surface area (Å²) in [4.78, 5) is 6.69. The van der Waals surface area contributed by atoms with Gasteiger partial charge in [-0.3, -0.25) is 9.88 Å². The van der Waals surface area contributed by atoms with Crippen molar-refractivity contribution in [3.05, 3.63) is 29.0 Å². The van der Waals surface area contributed by atoms with Crippen LogP contribution in [0.4, 0.5) is 0 Å². The van der Waals surface area contributed by atoms with E-state index in [2.05, 4.69) is 21.3 Å². The van der Waals surface area contributed by atoms with Crippen molar-refractivity contribution in [3.8, 4) is 0 Å². The summed E-state index contributed by atoms with van der Waals surface area (Å²) >= 11 is 6.23. The molecule has 1 aromatic rings. The number of nitrogens with zero attached hydrogens (tertiary/aromatic N) is 2. The Hall–Kier alpha value is -0.640. The van der Waals surface area contributed by atoms with E-state index in [4.69, 9.17) is 11.6 Å². The second kappa shape index (κ2) is 6.21. The molecule has 1 aliphatic carbocycles. The Kier molecular flexibility index (Phi) is 4.36. The molecule has 0 aromatic carbocycles. The number of piperidine rings is 1. The van der Waals surface area contributed by atoms with Crippen LogP contribution in [0.5, 0.6) is 0 Å². The van der Waals surface area contributed by atoms with Crippen molar-refractivity contribution < 1.29 is 0 Å². The van der Waals surface area contributed by atoms with Crippen LogP contribution in [-0.4, -0.2) is 35.6 Å². The summed E-state index contributed by atoms with van der Waals surface area (Å²) < 4.78 is 0. The van der Waals surface area contributed by atoms with Crippen molar-refractivity contribution in [1.82, 2.24) is 15.2 Å². The summed E-state index contributed by atoms with van der Waals surface area (Å²) in [5.74, 6) is 0.801. The smallest absolute Gasteiger partial charge is 0.0634 e. The molecule has 1 saturated carbocycles. The van der Waals surface area contributed by atoms with Gasteiger partial charge in [-0.25, -0.2) is 0 Å². The third kappa shape index (κ3) is 3.68. The summed E-state index contributed by atoms with van der Waals surface area (Å²) in [6.45, 7) is 4.54. The zero-order valence-corrected chi connectivity index (χ0v) is 12.1. The lowest BCUT2D eigenvalue weighted by Gasteiger charge is -2.30. The fraction of sp³-hybridized carbons (Fsp3) is 0.667. The first-order chi connectivity index (χ1) is 9.33. The van der Waals surface area contributed by atoms with E-state index in [9.17, 15) is 0 Å². The van der Waals surface area contributed by atoms with E-state index in [-0.39, 0.29) is 0 Å². The van der Waals surface area contributed by atoms with Gasteiger partial charge in [0.1, 0.15) is 0 Å². The van der Waals surface area contributed by atoms with Crippen LogP contribution in [0.15, 0.2) is 18.5 Å². The van der Waals surface area contributed by atoms with Crippen LogP contribution in [0.3, 0.4) is 0 Å². The van der Waals surface area contributed by atoms with E-state index in [1.54, 1.807) is 6.20 Å². The first kappa shape index (κ1) is 13.3. The maximum absolute atomic E-state index is 6.23. The largest absolute Gasteiger partial charge is 0.316 e. The second-order valence-electron chi connectivity index (χ2n) is 5.84. The normalized spacial score (nSPS) is 23.8. The molecule has 1 saturated heterocycles. The van der Waals surface area contributed by atoms with Crippen LogP contribution in [0, 0.1) is 5.92 Å². The first-order valence-electron chi connectivity index (χ1n) is 7.36. The molecule has 0 spiro atoms. The van der Waals surface area contributed by atoms with Gasteiger partial charge >= 0.3 is 0 Å². The molecule has 104 valence electrons. The Morgan fingerprint density at radius 3 is 2.95 bits per heavy atom. The number of hydrogen-bond acceptors (Lipinski definition) is 3. The number of aromatic nitrogens is 1. The van der Waals surface area contributed by atoms with Gasteiger partial charge in [0.15, 0.2) is 0 Å². The molecule has 3 rings (SSSR count). The average molecular weight is 280 g/mol. The Labute approximate surface area is 120 Å². The number of hydrogen-bond donors (Lipinski definition) is 1. The molecule has 2 heterocycles. The van der Waals surface area contributed by atoms with Crippen molar-refractivity contribution in [2.24, 2.45) is 5.92 Å². The summed E-state index contributed by atoms with van der Waals surface area (Å²) in [6, 6.07) is 2.84. The minimum Gasteiger partial charge on any atom is -0.316 e. The van der Waals surface area contributed by atoms with Crippen LogP contribution in [0.25, 0.3) is 0 Å². The van der Waals surface area contributed by atoms with E-state index in [0.29, 0.717) is 0 Å². The van der Waals surface area contributed by atoms with Crippen LogP contribution in [0.2, 0.25) is 5.02 Å². The van der Waals surface area contributed by atoms with E-state index in [0.717, 1.165) is 23.5 Å². The summed E-state index contributed by atoms with van der Waals surface area (Å²) in [5.41, 5.74) is 1.22. The molecule has 0 radical (unpaired) electrons. The number of nitrogens with one attached hydrogen (secondary N) is 1. The van der Waals surface area contributed by atoms with Gasteiger partial charge in [-0.05, 0) is 56.3 Å². The van der Waals surface area contributed by atoms with Crippen molar-refractivity contribution in [1.29, 1.82) is 0 Å². The van der Waals surface area contributed by atoms with Gasteiger partial charge in [0.2, 0.25) is 0 Å². The van der Waals surface area contributed by atoms with Crippen molar-refractivity contribution in [2.45, 2.75) is 38.3 Å². The van der Waals surface area contributed by atoms with Gasteiger partial charge in [-0.2, -0.15) is 0 Å². The minimum atomic E-state index is 0.783. The molecule has 2 fully saturated rings. The fourth-order valence-electron chi connectivity index (χ4n) is 2.94. The highest BCUT2D eigenvalue weighted by Crippen LogP contribution is 2.31. The lowest BCUT2D eigenvalue weighted by molar-refractivity contribution is 0.193. The standard InChI is InChI=1S/C15H22ClN3/c16-15-9-18-7-5-13(15)11-19(14-3-4-14)10-12-2-1-6-17-8-12/h5,7,9,12,14,17H,1-4,6,8,10-11H2. The summed E-state index contributed by atoms with van der Waals surface area (Å²) in [5, 5.41) is 4.31. The fourth-order valence-corrected chi connectivity index (χ4v) is 3.12. The molecule has 19 heavy (non-hydrogen) atoms. The number of pyridine rings is 1. The molecule has 4 heteroatoms. The van der Waals surface area contributed by atoms with E-state index >= 15 is 0 Å². The Bertz CT molecular complexity index is 414. The average Bonchev–Trinajstić information content (AvgIpc) is 3.26. The molecule has 1 unspecified atom stereocenters. The number of halogens is 1. The molecule has 2 aliphatic rings. The highest BCUT2D eigenvalue weighted by Gasteiger charge is 2.31. The van der Waals surface area contributed by atoms with Gasteiger partial charge in [0.25, 0.3) is 0 Å². The maximum Gasteiger partial charge on any atom is 0.0634 e. The Morgan fingerprint density at radius 2 is 2.26 bits per heavy atom. The van der Waals surface area contributed by atoms with Crippen LogP contribution in [-0.2, 0) is 6.54 Å². The Balaban J connectivity index is 1.62. The highest BCUT2D eigenvalue weighted by atomic mass is 35.5. The van der Waals surface area contributed by atoms with Gasteiger partial charge < -0.3 is 5.32 Å². The molecule has 1 aliphatic heterocycles. The van der Waals surface area contributed by atoms with Crippen molar-refractivity contribution in [3.63, 3.8) is 0 Å². The lowest BCUT2D eigenvalue weighted by Crippen LogP contribution is -2.39. The van der Waals surface area contributed by atoms with Gasteiger partial charge in [0.05, 0.1) is 5.02 Å². The molecular formula is C15H22ClN3. The van der Waals surface area contributed by atoms with Gasteiger partial charge in [0, 0.05) is 31.5 Å². The van der Waals surface area contributed by atoms with Crippen LogP contribution < -0.4 is 5.32 Å². The predicted molar refractivity (Wildman–Crippen MR) is 78.3 cm³/mol. The predicted octanol–water partition coefficient (Wildman–Crippen LogP) is 2.70. The van der Waals surface area contributed by atoms with Crippen LogP contribution >= 0.6 is 11.6 Å². The van der Waals surface area contributed by atoms with Crippen LogP contribution in [0.1, 0.15) is 31.2 Å². The molecule has 0 bridgehead atoms. The van der Waals surface area contributed by atoms with E-state index < -0.39 is 0 Å².